The highest BCUT2D eigenvalue weighted by Gasteiger charge is 2.34. The minimum absolute atomic E-state index is 0.143. The molecule has 8 bridgehead atoms. The van der Waals surface area contributed by atoms with Crippen molar-refractivity contribution in [1.29, 1.82) is 0 Å². The summed E-state index contributed by atoms with van der Waals surface area (Å²) in [6.07, 6.45) is 3.51. The number of aromatic amines is 2. The lowest BCUT2D eigenvalue weighted by molar-refractivity contribution is 0.270. The summed E-state index contributed by atoms with van der Waals surface area (Å²) in [5, 5.41) is 0. The molecule has 62 heavy (non-hydrogen) atoms. The number of nitrogens with one attached hydrogen (secondary N) is 2. The van der Waals surface area contributed by atoms with Crippen LogP contribution in [0.1, 0.15) is 99.1 Å². The van der Waals surface area contributed by atoms with Crippen LogP contribution in [0.15, 0.2) is 36.4 Å². The summed E-state index contributed by atoms with van der Waals surface area (Å²) in [6, 6.07) is 12.4. The molecule has 0 amide bonds. The van der Waals surface area contributed by atoms with Gasteiger partial charge in [0.2, 0.25) is 0 Å². The maximum absolute atomic E-state index is 13.3. The van der Waals surface area contributed by atoms with E-state index in [-0.39, 0.29) is 47.3 Å². The normalized spacial score (nSPS) is 15.8. The molecule has 0 unspecified atom stereocenters. The van der Waals surface area contributed by atoms with Crippen LogP contribution in [0.2, 0.25) is 0 Å². The van der Waals surface area contributed by atoms with E-state index in [2.05, 4.69) is 61.9 Å². The van der Waals surface area contributed by atoms with Gasteiger partial charge in [-0.1, -0.05) is 27.7 Å². The van der Waals surface area contributed by atoms with Gasteiger partial charge in [0.15, 0.2) is 0 Å². The fraction of sp³-hybridized carbons (Fsp3) is 0.619. The minimum Gasteiger partial charge on any atom is -0.355 e. The van der Waals surface area contributed by atoms with E-state index in [9.17, 15) is 18.3 Å². The Balaban J connectivity index is 1.77. The Morgan fingerprint density at radius 3 is 1.02 bits per heavy atom. The zero-order chi connectivity index (χ0) is 45.7. The van der Waals surface area contributed by atoms with E-state index in [4.69, 9.17) is 46.2 Å². The molecule has 3 aromatic rings. The highest BCUT2D eigenvalue weighted by atomic mass is 31.2. The van der Waals surface area contributed by atoms with Gasteiger partial charge in [0.05, 0.1) is 24.6 Å². The molecule has 3 aromatic heterocycles. The molecule has 5 rings (SSSR count). The van der Waals surface area contributed by atoms with Crippen LogP contribution in [-0.2, 0) is 78.1 Å². The first-order valence-corrected chi connectivity index (χ1v) is 27.6. The maximum atomic E-state index is 13.3. The molecule has 2 aliphatic heterocycles. The Morgan fingerprint density at radius 2 is 0.758 bits per heavy atom. The Labute approximate surface area is 366 Å². The molecule has 0 atom stereocenters. The number of H-pyrrole nitrogens is 2. The van der Waals surface area contributed by atoms with E-state index >= 15 is 0 Å². The van der Waals surface area contributed by atoms with Crippen LogP contribution < -0.4 is 0 Å². The SMILES string of the molecule is COP(=O)(CCC(CCP(=O)(OC)OC)c1cc2cc3nc(cc4[nH]c(cc5nc(cc1[nH]2)C(C)(C)C5)cc4C(CCP(=O)(OC)OC)CCP(=O)(OC)OC)C(C)(C)C3)OC. The molecule has 0 aromatic carbocycles. The molecule has 2 aliphatic rings. The first-order chi connectivity index (χ1) is 29.1. The average Bonchev–Trinajstić information content (AvgIpc) is 3.99. The molecule has 0 spiro atoms. The summed E-state index contributed by atoms with van der Waals surface area (Å²) >= 11 is 0. The lowest BCUT2D eigenvalue weighted by Crippen LogP contribution is -2.15. The largest absolute Gasteiger partial charge is 0.355 e. The van der Waals surface area contributed by atoms with E-state index in [0.29, 0.717) is 38.5 Å². The molecule has 0 radical (unpaired) electrons. The molecule has 0 fully saturated rings. The van der Waals surface area contributed by atoms with Crippen molar-refractivity contribution in [3.63, 3.8) is 0 Å². The van der Waals surface area contributed by atoms with Crippen molar-refractivity contribution < 1.29 is 54.5 Å². The molecule has 5 heterocycles. The van der Waals surface area contributed by atoms with Gasteiger partial charge in [0.25, 0.3) is 0 Å². The molecule has 2 N–H and O–H groups in total. The Morgan fingerprint density at radius 1 is 0.484 bits per heavy atom. The smallest absolute Gasteiger partial charge is 0.330 e. The van der Waals surface area contributed by atoms with E-state index in [1.165, 1.54) is 56.9 Å². The average molecular weight is 943 g/mol. The summed E-state index contributed by atoms with van der Waals surface area (Å²) < 4.78 is 95.9. The summed E-state index contributed by atoms with van der Waals surface area (Å²) in [7, 11) is -2.49. The maximum Gasteiger partial charge on any atom is 0.330 e. The summed E-state index contributed by atoms with van der Waals surface area (Å²) in [5.74, 6) is -0.494. The summed E-state index contributed by atoms with van der Waals surface area (Å²) in [5.41, 5.74) is 7.89. The van der Waals surface area contributed by atoms with Crippen molar-refractivity contribution in [1.82, 2.24) is 19.9 Å². The van der Waals surface area contributed by atoms with Gasteiger partial charge in [-0.05, 0) is 85.0 Å². The van der Waals surface area contributed by atoms with Gasteiger partial charge in [0, 0.05) is 125 Å². The van der Waals surface area contributed by atoms with Crippen molar-refractivity contribution in [3.8, 4) is 0 Å². The summed E-state index contributed by atoms with van der Waals surface area (Å²) in [4.78, 5) is 17.7. The predicted octanol–water partition coefficient (Wildman–Crippen LogP) is 11.0. The van der Waals surface area contributed by atoms with Gasteiger partial charge in [-0.15, -0.1) is 0 Å². The van der Waals surface area contributed by atoms with Gasteiger partial charge in [-0.3, -0.25) is 28.2 Å². The first-order valence-electron chi connectivity index (χ1n) is 20.7. The van der Waals surface area contributed by atoms with E-state index in [0.717, 1.165) is 56.0 Å². The van der Waals surface area contributed by atoms with Crippen LogP contribution in [0.4, 0.5) is 0 Å². The van der Waals surface area contributed by atoms with E-state index in [1.807, 2.05) is 12.1 Å². The van der Waals surface area contributed by atoms with Crippen LogP contribution >= 0.6 is 30.4 Å². The second-order valence-corrected chi connectivity index (χ2v) is 26.8. The molecule has 0 saturated carbocycles. The molecular formula is C42H66N4O12P4. The fourth-order valence-corrected chi connectivity index (χ4v) is 12.9. The van der Waals surface area contributed by atoms with Crippen molar-refractivity contribution in [2.24, 2.45) is 0 Å². The second kappa shape index (κ2) is 20.5. The predicted molar refractivity (Wildman–Crippen MR) is 244 cm³/mol. The third-order valence-corrected chi connectivity index (χ3v) is 20.0. The van der Waals surface area contributed by atoms with Crippen LogP contribution in [0, 0.1) is 0 Å². The number of fused-ring (bicyclic) bond motifs is 8. The molecular weight excluding hydrogens is 876 g/mol. The number of hydrogen-bond acceptors (Lipinski definition) is 14. The zero-order valence-electron chi connectivity index (χ0n) is 38.3. The Hall–Kier alpha value is -2.28. The number of hydrogen-bond donors (Lipinski definition) is 2. The molecule has 16 nitrogen and oxygen atoms in total. The number of aromatic nitrogens is 4. The molecule has 346 valence electrons. The van der Waals surface area contributed by atoms with Crippen molar-refractivity contribution in [2.75, 3.05) is 81.5 Å². The van der Waals surface area contributed by atoms with Gasteiger partial charge < -0.3 is 46.2 Å². The van der Waals surface area contributed by atoms with Crippen LogP contribution in [0.3, 0.4) is 0 Å². The lowest BCUT2D eigenvalue weighted by atomic mass is 9.86. The molecule has 0 saturated heterocycles. The first kappa shape index (κ1) is 50.7. The summed E-state index contributed by atoms with van der Waals surface area (Å²) in [6.45, 7) is 8.61. The monoisotopic (exact) mass is 942 g/mol. The van der Waals surface area contributed by atoms with Crippen LogP contribution in [0.5, 0.6) is 0 Å². The van der Waals surface area contributed by atoms with Crippen LogP contribution in [0.25, 0.3) is 22.1 Å². The van der Waals surface area contributed by atoms with Crippen LogP contribution in [-0.4, -0.2) is 101 Å². The highest BCUT2D eigenvalue weighted by Crippen LogP contribution is 2.53. The zero-order valence-corrected chi connectivity index (χ0v) is 41.8. The third-order valence-electron chi connectivity index (χ3n) is 12.3. The van der Waals surface area contributed by atoms with E-state index < -0.39 is 30.4 Å². The van der Waals surface area contributed by atoms with Gasteiger partial charge in [-0.2, -0.15) is 0 Å². The standard InChI is InChI=1S/C42H66N4O12P4/c1-41(2)27-33-21-31-23-36(30(15-19-61(49,55-9)56-10)16-20-62(50,57-11)58-12)38(44-31)26-40-42(3,4)28-34(46-40)22-32-24-35(37(43-32)25-39(41)45-33)29(13-17-59(47,51-5)52-6)14-18-60(48,53-7)54-8/h21-26,29-30,43-44H,13-20,27-28H2,1-12H3. The van der Waals surface area contributed by atoms with Gasteiger partial charge in [0.1, 0.15) is 0 Å². The van der Waals surface area contributed by atoms with Gasteiger partial charge in [-0.25, -0.2) is 0 Å². The Bertz CT molecular complexity index is 2160. The quantitative estimate of drug-likeness (QED) is 0.0901. The van der Waals surface area contributed by atoms with Crippen molar-refractivity contribution >= 4 is 52.4 Å². The van der Waals surface area contributed by atoms with Crippen molar-refractivity contribution in [3.05, 3.63) is 70.3 Å². The molecule has 0 aliphatic carbocycles. The third kappa shape index (κ3) is 12.1. The highest BCUT2D eigenvalue weighted by molar-refractivity contribution is 7.54. The van der Waals surface area contributed by atoms with Crippen molar-refractivity contribution in [2.45, 2.75) is 88.9 Å². The minimum atomic E-state index is -3.38. The number of rotatable bonds is 22. The topological polar surface area (TPSA) is 199 Å². The second-order valence-electron chi connectivity index (χ2n) is 17.2. The molecule has 20 heteroatoms. The Kier molecular flexibility index (Phi) is 16.8. The number of nitrogens with zero attached hydrogens (tertiary/aromatic N) is 2. The fourth-order valence-electron chi connectivity index (χ4n) is 8.32. The van der Waals surface area contributed by atoms with E-state index in [1.54, 1.807) is 0 Å². The lowest BCUT2D eigenvalue weighted by Gasteiger charge is -2.22. The van der Waals surface area contributed by atoms with Gasteiger partial charge >= 0.3 is 30.4 Å².